The normalized spacial score (nSPS) is 14.3. The Bertz CT molecular complexity index is 1340. The molecule has 0 spiro atoms. The van der Waals surface area contributed by atoms with Gasteiger partial charge in [0.2, 0.25) is 0 Å². The average molecular weight is 500 g/mol. The Morgan fingerprint density at radius 2 is 1.66 bits per heavy atom. The molecule has 2 heterocycles. The number of carbonyl (C=O) groups is 2. The van der Waals surface area contributed by atoms with Crippen LogP contribution < -0.4 is 21.2 Å². The van der Waals surface area contributed by atoms with Gasteiger partial charge in [0, 0.05) is 37.9 Å². The summed E-state index contributed by atoms with van der Waals surface area (Å²) in [6.45, 7) is 5.31. The van der Waals surface area contributed by atoms with Crippen LogP contribution in [0.5, 0.6) is 0 Å². The Morgan fingerprint density at radius 1 is 1.03 bits per heavy atom. The first-order chi connectivity index (χ1) is 16.7. The van der Waals surface area contributed by atoms with Crippen molar-refractivity contribution in [3.05, 3.63) is 51.4 Å². The second-order valence-corrected chi connectivity index (χ2v) is 9.25. The fourth-order valence-corrected chi connectivity index (χ4v) is 4.69. The van der Waals surface area contributed by atoms with Crippen molar-refractivity contribution in [1.82, 2.24) is 9.13 Å². The Morgan fingerprint density at radius 3 is 2.31 bits per heavy atom. The molecule has 0 radical (unpaired) electrons. The third kappa shape index (κ3) is 5.00. The third-order valence-corrected chi connectivity index (χ3v) is 6.78. The predicted molar refractivity (Wildman–Crippen MR) is 139 cm³/mol. The first kappa shape index (κ1) is 24.7. The van der Waals surface area contributed by atoms with E-state index in [2.05, 4.69) is 15.5 Å². The van der Waals surface area contributed by atoms with Crippen molar-refractivity contribution >= 4 is 51.7 Å². The molecule has 1 aromatic heterocycles. The molecule has 0 aliphatic carbocycles. The molecule has 0 atom stereocenters. The summed E-state index contributed by atoms with van der Waals surface area (Å²) in [5.41, 5.74) is 4.17. The number of ether oxygens (including phenoxy) is 1. The van der Waals surface area contributed by atoms with Gasteiger partial charge in [0.15, 0.2) is 0 Å². The Kier molecular flexibility index (Phi) is 7.07. The number of aromatic nitrogens is 2. The molecule has 2 aromatic carbocycles. The number of aryl methyl sites for hydroxylation is 3. The lowest BCUT2D eigenvalue weighted by atomic mass is 9.96. The minimum absolute atomic E-state index is 0.137. The van der Waals surface area contributed by atoms with Gasteiger partial charge in [-0.15, -0.1) is 0 Å². The van der Waals surface area contributed by atoms with E-state index in [1.54, 1.807) is 42.3 Å². The van der Waals surface area contributed by atoms with E-state index in [-0.39, 0.29) is 17.6 Å². The zero-order valence-electron chi connectivity index (χ0n) is 20.4. The molecule has 2 N–H and O–H groups in total. The number of hydrogen-bond acceptors (Lipinski definition) is 5. The van der Waals surface area contributed by atoms with Gasteiger partial charge in [-0.1, -0.05) is 17.7 Å². The van der Waals surface area contributed by atoms with Crippen LogP contribution in [0, 0.1) is 12.8 Å². The molecule has 0 unspecified atom stereocenters. The van der Waals surface area contributed by atoms with E-state index in [1.807, 2.05) is 25.1 Å². The van der Waals surface area contributed by atoms with Crippen LogP contribution >= 0.6 is 11.6 Å². The molecular weight excluding hydrogens is 470 g/mol. The lowest BCUT2D eigenvalue weighted by Gasteiger charge is -2.34. The second kappa shape index (κ2) is 10.0. The largest absolute Gasteiger partial charge is 0.466 e. The van der Waals surface area contributed by atoms with Crippen LogP contribution in [-0.2, 0) is 23.6 Å². The standard InChI is InChI=1S/C25H30ClN5O4/c1-5-35-23(32)16-8-10-31(11-9-16)20-14-22-21(29(3)25(34)30(22)4)13-19(20)28-24(33)27-18-12-17(26)7-6-15(18)2/h6-7,12-14,16H,5,8-11H2,1-4H3,(H2,27,28,33). The highest BCUT2D eigenvalue weighted by atomic mass is 35.5. The number of halogens is 1. The second-order valence-electron chi connectivity index (χ2n) is 8.81. The van der Waals surface area contributed by atoms with Crippen molar-refractivity contribution in [3.63, 3.8) is 0 Å². The number of rotatable bonds is 5. The van der Waals surface area contributed by atoms with Gasteiger partial charge in [0.25, 0.3) is 0 Å². The van der Waals surface area contributed by atoms with Crippen molar-refractivity contribution in [2.24, 2.45) is 20.0 Å². The Balaban J connectivity index is 1.65. The fourth-order valence-electron chi connectivity index (χ4n) is 4.52. The maximum absolute atomic E-state index is 13.0. The molecule has 0 saturated carbocycles. The lowest BCUT2D eigenvalue weighted by Crippen LogP contribution is -2.37. The van der Waals surface area contributed by atoms with Gasteiger partial charge < -0.3 is 20.3 Å². The van der Waals surface area contributed by atoms with Crippen molar-refractivity contribution in [1.29, 1.82) is 0 Å². The number of benzene rings is 2. The highest BCUT2D eigenvalue weighted by Gasteiger charge is 2.28. The molecule has 35 heavy (non-hydrogen) atoms. The summed E-state index contributed by atoms with van der Waals surface area (Å²) in [5.74, 6) is -0.302. The first-order valence-electron chi connectivity index (χ1n) is 11.6. The molecule has 186 valence electrons. The maximum Gasteiger partial charge on any atom is 0.328 e. The van der Waals surface area contributed by atoms with E-state index in [9.17, 15) is 14.4 Å². The van der Waals surface area contributed by atoms with E-state index in [0.29, 0.717) is 54.5 Å². The molecule has 2 amide bonds. The monoisotopic (exact) mass is 499 g/mol. The molecule has 9 nitrogen and oxygen atoms in total. The van der Waals surface area contributed by atoms with Gasteiger partial charge >= 0.3 is 17.7 Å². The zero-order valence-corrected chi connectivity index (χ0v) is 21.1. The number of urea groups is 1. The number of carbonyl (C=O) groups excluding carboxylic acids is 2. The smallest absolute Gasteiger partial charge is 0.328 e. The van der Waals surface area contributed by atoms with Crippen LogP contribution in [0.15, 0.2) is 35.1 Å². The lowest BCUT2D eigenvalue weighted by molar-refractivity contribution is -0.148. The number of nitrogens with zero attached hydrogens (tertiary/aromatic N) is 3. The van der Waals surface area contributed by atoms with Gasteiger partial charge in [-0.2, -0.15) is 0 Å². The summed E-state index contributed by atoms with van der Waals surface area (Å²) >= 11 is 6.09. The molecule has 10 heteroatoms. The molecule has 1 aliphatic rings. The van der Waals surface area contributed by atoms with Crippen LogP contribution in [-0.4, -0.2) is 40.8 Å². The highest BCUT2D eigenvalue weighted by Crippen LogP contribution is 2.34. The SMILES string of the molecule is CCOC(=O)C1CCN(c2cc3c(cc2NC(=O)Nc2cc(Cl)ccc2C)n(C)c(=O)n3C)CC1. The van der Waals surface area contributed by atoms with Gasteiger partial charge in [0.1, 0.15) is 0 Å². The number of esters is 1. The van der Waals surface area contributed by atoms with Gasteiger partial charge in [-0.25, -0.2) is 9.59 Å². The molecule has 4 rings (SSSR count). The summed E-state index contributed by atoms with van der Waals surface area (Å²) in [6.07, 6.45) is 1.30. The number of piperidine rings is 1. The van der Waals surface area contributed by atoms with E-state index in [0.717, 1.165) is 16.8 Å². The topological polar surface area (TPSA) is 97.6 Å². The summed E-state index contributed by atoms with van der Waals surface area (Å²) in [6, 6.07) is 8.61. The third-order valence-electron chi connectivity index (χ3n) is 6.54. The van der Waals surface area contributed by atoms with Gasteiger partial charge in [-0.3, -0.25) is 13.9 Å². The highest BCUT2D eigenvalue weighted by molar-refractivity contribution is 6.31. The minimum Gasteiger partial charge on any atom is -0.466 e. The quantitative estimate of drug-likeness (QED) is 0.511. The molecule has 1 saturated heterocycles. The van der Waals surface area contributed by atoms with Crippen molar-refractivity contribution in [2.45, 2.75) is 26.7 Å². The summed E-state index contributed by atoms with van der Waals surface area (Å²) in [7, 11) is 3.43. The molecule has 0 bridgehead atoms. The Hall–Kier alpha value is -3.46. The minimum atomic E-state index is -0.418. The summed E-state index contributed by atoms with van der Waals surface area (Å²) in [4.78, 5) is 39.8. The average Bonchev–Trinajstić information content (AvgIpc) is 3.04. The van der Waals surface area contributed by atoms with Gasteiger partial charge in [0.05, 0.1) is 34.9 Å². The predicted octanol–water partition coefficient (Wildman–Crippen LogP) is 4.26. The fraction of sp³-hybridized carbons (Fsp3) is 0.400. The molecular formula is C25H30ClN5O4. The van der Waals surface area contributed by atoms with Crippen LogP contribution in [0.2, 0.25) is 5.02 Å². The van der Waals surface area contributed by atoms with Crippen LogP contribution in [0.4, 0.5) is 21.9 Å². The number of fused-ring (bicyclic) bond motifs is 1. The number of hydrogen-bond donors (Lipinski definition) is 2. The van der Waals surface area contributed by atoms with E-state index < -0.39 is 6.03 Å². The van der Waals surface area contributed by atoms with E-state index in [4.69, 9.17) is 16.3 Å². The Labute approximate surface area is 208 Å². The summed E-state index contributed by atoms with van der Waals surface area (Å²) in [5, 5.41) is 6.34. The number of anilines is 3. The molecule has 3 aromatic rings. The number of amides is 2. The molecule has 1 aliphatic heterocycles. The van der Waals surface area contributed by atoms with Gasteiger partial charge in [-0.05, 0) is 56.5 Å². The number of nitrogens with one attached hydrogen (secondary N) is 2. The zero-order chi connectivity index (χ0) is 25.3. The summed E-state index contributed by atoms with van der Waals surface area (Å²) < 4.78 is 8.33. The number of imidazole rings is 1. The van der Waals surface area contributed by atoms with Crippen molar-refractivity contribution < 1.29 is 14.3 Å². The van der Waals surface area contributed by atoms with Crippen molar-refractivity contribution in [3.8, 4) is 0 Å². The van der Waals surface area contributed by atoms with E-state index in [1.165, 1.54) is 0 Å². The first-order valence-corrected chi connectivity index (χ1v) is 12.0. The van der Waals surface area contributed by atoms with E-state index >= 15 is 0 Å². The van der Waals surface area contributed by atoms with Crippen LogP contribution in [0.1, 0.15) is 25.3 Å². The maximum atomic E-state index is 13.0. The van der Waals surface area contributed by atoms with Crippen LogP contribution in [0.3, 0.4) is 0 Å². The van der Waals surface area contributed by atoms with Crippen molar-refractivity contribution in [2.75, 3.05) is 35.2 Å². The van der Waals surface area contributed by atoms with Crippen LogP contribution in [0.25, 0.3) is 11.0 Å². The molecule has 1 fully saturated rings.